The number of morpholine rings is 1. The first-order valence-corrected chi connectivity index (χ1v) is 13.5. The van der Waals surface area contributed by atoms with Crippen molar-refractivity contribution in [3.05, 3.63) is 92.1 Å². The van der Waals surface area contributed by atoms with Gasteiger partial charge in [-0.15, -0.1) is 11.3 Å². The van der Waals surface area contributed by atoms with E-state index in [4.69, 9.17) is 27.9 Å². The molecule has 1 aliphatic rings. The van der Waals surface area contributed by atoms with Gasteiger partial charge in [-0.2, -0.15) is 0 Å². The molecule has 1 aliphatic heterocycles. The van der Waals surface area contributed by atoms with Crippen molar-refractivity contribution in [3.8, 4) is 0 Å². The summed E-state index contributed by atoms with van der Waals surface area (Å²) in [6.07, 6.45) is 0. The standard InChI is InChI=1S/C27H29Cl2N3O3S/c28-22-8-9-24(25(29)17-22)27(34)31(11-10-30-12-14-35-15-13-30)20-26(33)32(19-23-7-4-16-36-23)18-21-5-2-1-3-6-21/h1-9,16-17H,10-15,18-20H2. The molecule has 6 nitrogen and oxygen atoms in total. The van der Waals surface area contributed by atoms with Crippen LogP contribution < -0.4 is 0 Å². The number of nitrogens with zero attached hydrogens (tertiary/aromatic N) is 3. The predicted octanol–water partition coefficient (Wildman–Crippen LogP) is 5.06. The molecule has 1 saturated heterocycles. The Kier molecular flexibility index (Phi) is 9.78. The Balaban J connectivity index is 1.53. The molecule has 0 radical (unpaired) electrons. The van der Waals surface area contributed by atoms with Crippen molar-refractivity contribution < 1.29 is 14.3 Å². The Hall–Kier alpha value is -2.42. The van der Waals surface area contributed by atoms with Crippen LogP contribution in [-0.2, 0) is 22.6 Å². The molecule has 2 amide bonds. The first kappa shape index (κ1) is 26.6. The third kappa shape index (κ3) is 7.54. The molecule has 2 aromatic carbocycles. The van der Waals surface area contributed by atoms with Gasteiger partial charge in [-0.25, -0.2) is 0 Å². The van der Waals surface area contributed by atoms with E-state index >= 15 is 0 Å². The van der Waals surface area contributed by atoms with Crippen LogP contribution in [0, 0.1) is 0 Å². The second kappa shape index (κ2) is 13.2. The van der Waals surface area contributed by atoms with Gasteiger partial charge in [-0.1, -0.05) is 59.6 Å². The maximum absolute atomic E-state index is 13.7. The van der Waals surface area contributed by atoms with Gasteiger partial charge in [-0.05, 0) is 35.2 Å². The topological polar surface area (TPSA) is 53.1 Å². The Labute approximate surface area is 226 Å². The number of amides is 2. The van der Waals surface area contributed by atoms with E-state index < -0.39 is 0 Å². The summed E-state index contributed by atoms with van der Waals surface area (Å²) >= 11 is 14.0. The van der Waals surface area contributed by atoms with Gasteiger partial charge in [0.2, 0.25) is 5.91 Å². The molecule has 0 atom stereocenters. The highest BCUT2D eigenvalue weighted by Crippen LogP contribution is 2.23. The van der Waals surface area contributed by atoms with E-state index in [2.05, 4.69) is 4.90 Å². The summed E-state index contributed by atoms with van der Waals surface area (Å²) < 4.78 is 5.44. The summed E-state index contributed by atoms with van der Waals surface area (Å²) in [7, 11) is 0. The second-order valence-corrected chi connectivity index (χ2v) is 10.5. The minimum Gasteiger partial charge on any atom is -0.379 e. The molecule has 0 aliphatic carbocycles. The molecule has 4 rings (SSSR count). The Bertz CT molecular complexity index is 1140. The quantitative estimate of drug-likeness (QED) is 0.357. The summed E-state index contributed by atoms with van der Waals surface area (Å²) in [5.41, 5.74) is 1.37. The van der Waals surface area contributed by atoms with Crippen molar-refractivity contribution in [2.75, 3.05) is 45.9 Å². The molecular formula is C27H29Cl2N3O3S. The van der Waals surface area contributed by atoms with Crippen molar-refractivity contribution in [2.45, 2.75) is 13.1 Å². The van der Waals surface area contributed by atoms with Crippen LogP contribution in [0.4, 0.5) is 0 Å². The van der Waals surface area contributed by atoms with Gasteiger partial charge in [0.15, 0.2) is 0 Å². The number of thiophene rings is 1. The van der Waals surface area contributed by atoms with Crippen LogP contribution in [0.15, 0.2) is 66.0 Å². The van der Waals surface area contributed by atoms with E-state index in [0.29, 0.717) is 50.0 Å². The van der Waals surface area contributed by atoms with E-state index in [1.807, 2.05) is 47.8 Å². The first-order chi connectivity index (χ1) is 17.5. The molecule has 9 heteroatoms. The van der Waals surface area contributed by atoms with Crippen LogP contribution in [-0.4, -0.2) is 72.5 Å². The Morgan fingerprint density at radius 1 is 0.944 bits per heavy atom. The Morgan fingerprint density at radius 3 is 2.42 bits per heavy atom. The second-order valence-electron chi connectivity index (χ2n) is 8.62. The van der Waals surface area contributed by atoms with Crippen LogP contribution in [0.1, 0.15) is 20.8 Å². The summed E-state index contributed by atoms with van der Waals surface area (Å²) in [6.45, 7) is 4.90. The van der Waals surface area contributed by atoms with E-state index in [9.17, 15) is 9.59 Å². The van der Waals surface area contributed by atoms with Gasteiger partial charge in [0.05, 0.1) is 30.3 Å². The van der Waals surface area contributed by atoms with Gasteiger partial charge >= 0.3 is 0 Å². The lowest BCUT2D eigenvalue weighted by Gasteiger charge is -2.31. The zero-order chi connectivity index (χ0) is 25.3. The van der Waals surface area contributed by atoms with E-state index in [1.54, 1.807) is 39.3 Å². The van der Waals surface area contributed by atoms with Crippen LogP contribution >= 0.6 is 34.5 Å². The fourth-order valence-corrected chi connectivity index (χ4v) is 5.27. The smallest absolute Gasteiger partial charge is 0.255 e. The summed E-state index contributed by atoms with van der Waals surface area (Å²) in [4.78, 5) is 34.0. The molecule has 0 bridgehead atoms. The SMILES string of the molecule is O=C(CN(CCN1CCOCC1)C(=O)c1ccc(Cl)cc1Cl)N(Cc1ccccc1)Cc1cccs1. The largest absolute Gasteiger partial charge is 0.379 e. The molecular weight excluding hydrogens is 517 g/mol. The number of rotatable bonds is 10. The van der Waals surface area contributed by atoms with Crippen molar-refractivity contribution in [2.24, 2.45) is 0 Å². The van der Waals surface area contributed by atoms with Crippen LogP contribution in [0.2, 0.25) is 10.0 Å². The molecule has 2 heterocycles. The molecule has 36 heavy (non-hydrogen) atoms. The zero-order valence-corrected chi connectivity index (χ0v) is 22.3. The van der Waals surface area contributed by atoms with E-state index in [-0.39, 0.29) is 23.4 Å². The fourth-order valence-electron chi connectivity index (χ4n) is 4.06. The van der Waals surface area contributed by atoms with Gasteiger partial charge in [0.1, 0.15) is 6.54 Å². The molecule has 0 spiro atoms. The lowest BCUT2D eigenvalue weighted by atomic mass is 10.2. The number of ether oxygens (including phenoxy) is 1. The fraction of sp³-hybridized carbons (Fsp3) is 0.333. The minimum absolute atomic E-state index is 0.0413. The molecule has 190 valence electrons. The van der Waals surface area contributed by atoms with Crippen LogP contribution in [0.25, 0.3) is 0 Å². The van der Waals surface area contributed by atoms with E-state index in [0.717, 1.165) is 23.5 Å². The van der Waals surface area contributed by atoms with Crippen LogP contribution in [0.5, 0.6) is 0 Å². The monoisotopic (exact) mass is 545 g/mol. The highest BCUT2D eigenvalue weighted by atomic mass is 35.5. The minimum atomic E-state index is -0.283. The van der Waals surface area contributed by atoms with Crippen molar-refractivity contribution in [3.63, 3.8) is 0 Å². The summed E-state index contributed by atoms with van der Waals surface area (Å²) in [6, 6.07) is 18.7. The molecule has 0 saturated carbocycles. The lowest BCUT2D eigenvalue weighted by molar-refractivity contribution is -0.133. The average molecular weight is 547 g/mol. The average Bonchev–Trinajstić information content (AvgIpc) is 3.40. The number of carbonyl (C=O) groups is 2. The van der Waals surface area contributed by atoms with E-state index in [1.165, 1.54) is 0 Å². The highest BCUT2D eigenvalue weighted by molar-refractivity contribution is 7.09. The van der Waals surface area contributed by atoms with Gasteiger partial charge < -0.3 is 14.5 Å². The number of carbonyl (C=O) groups excluding carboxylic acids is 2. The maximum atomic E-state index is 13.7. The van der Waals surface area contributed by atoms with Crippen molar-refractivity contribution in [1.29, 1.82) is 0 Å². The number of hydrogen-bond acceptors (Lipinski definition) is 5. The van der Waals surface area contributed by atoms with Crippen LogP contribution in [0.3, 0.4) is 0 Å². The molecule has 0 unspecified atom stereocenters. The number of halogens is 2. The summed E-state index contributed by atoms with van der Waals surface area (Å²) in [5, 5.41) is 2.73. The number of benzene rings is 2. The molecule has 1 aromatic heterocycles. The number of hydrogen-bond donors (Lipinski definition) is 0. The molecule has 3 aromatic rings. The third-order valence-electron chi connectivity index (χ3n) is 6.06. The maximum Gasteiger partial charge on any atom is 0.255 e. The zero-order valence-electron chi connectivity index (χ0n) is 19.9. The van der Waals surface area contributed by atoms with Gasteiger partial charge in [-0.3, -0.25) is 14.5 Å². The first-order valence-electron chi connectivity index (χ1n) is 11.9. The normalized spacial score (nSPS) is 13.9. The Morgan fingerprint density at radius 2 is 1.72 bits per heavy atom. The van der Waals surface area contributed by atoms with Gasteiger partial charge in [0.25, 0.3) is 5.91 Å². The molecule has 0 N–H and O–H groups in total. The third-order valence-corrected chi connectivity index (χ3v) is 7.47. The predicted molar refractivity (Wildman–Crippen MR) is 145 cm³/mol. The molecule has 1 fully saturated rings. The lowest BCUT2D eigenvalue weighted by Crippen LogP contribution is -2.47. The van der Waals surface area contributed by atoms with Crippen molar-refractivity contribution in [1.82, 2.24) is 14.7 Å². The highest BCUT2D eigenvalue weighted by Gasteiger charge is 2.25. The van der Waals surface area contributed by atoms with Gasteiger partial charge in [0, 0.05) is 42.6 Å². The van der Waals surface area contributed by atoms with Crippen molar-refractivity contribution >= 4 is 46.4 Å². The summed E-state index contributed by atoms with van der Waals surface area (Å²) in [5.74, 6) is -0.401.